The summed E-state index contributed by atoms with van der Waals surface area (Å²) in [5.41, 5.74) is 8.33. The van der Waals surface area contributed by atoms with Gasteiger partial charge in [-0.15, -0.1) is 0 Å². The molecule has 0 aromatic heterocycles. The van der Waals surface area contributed by atoms with Gasteiger partial charge in [-0.25, -0.2) is 19.2 Å². The van der Waals surface area contributed by atoms with E-state index in [-0.39, 0.29) is 31.5 Å². The number of carbonyl (C=O) groups excluding carboxylic acids is 9. The van der Waals surface area contributed by atoms with Gasteiger partial charge in [0.2, 0.25) is 29.5 Å². The highest BCUT2D eigenvalue weighted by Crippen LogP contribution is 2.44. The zero-order chi connectivity index (χ0) is 53.1. The van der Waals surface area contributed by atoms with Gasteiger partial charge in [-0.1, -0.05) is 92.7 Å². The number of nitrogens with one attached hydrogen (secondary N) is 7. The first kappa shape index (κ1) is 56.3. The Morgan fingerprint density at radius 2 is 1.22 bits per heavy atom. The molecule has 3 aromatic carbocycles. The van der Waals surface area contributed by atoms with Gasteiger partial charge >= 0.3 is 30.2 Å². The van der Waals surface area contributed by atoms with Crippen LogP contribution in [0.5, 0.6) is 0 Å². The van der Waals surface area contributed by atoms with Crippen molar-refractivity contribution in [3.63, 3.8) is 0 Å². The van der Waals surface area contributed by atoms with Crippen molar-refractivity contribution in [3.05, 3.63) is 95.6 Å². The lowest BCUT2D eigenvalue weighted by Gasteiger charge is -2.27. The van der Waals surface area contributed by atoms with E-state index < -0.39 is 122 Å². The Morgan fingerprint density at radius 3 is 1.81 bits per heavy atom. The standard InChI is InChI=1S/C49H62N8O15/c1-27(2)20-35(42(61)53-24-39(59)51-23-38(50)58)54-43(62)37(56-48(68)72-49(4,5)6)22-52-44(63)41(57-47(67)69-25-29-14-8-7-9-15-29)28(3)71-40(60)21-36(45(64)65)55-46(66)70-26-34-32-18-12-10-16-30(32)31-17-11-13-19-33(31)34/h7-19,27-28,34-37,41H,20-26H2,1-6H3,(H2,50,58)(H,51,59)(H,52,63)(H,53,61)(H,54,62)(H,55,66)(H,56,68)(H,57,67)(H,64,65)/t28-,35+,36+,37+,41+/m1/s1. The van der Waals surface area contributed by atoms with E-state index in [4.69, 9.17) is 24.7 Å². The summed E-state index contributed by atoms with van der Waals surface area (Å²) in [5.74, 6) is -7.86. The van der Waals surface area contributed by atoms with Crippen LogP contribution in [0, 0.1) is 5.92 Å². The molecule has 388 valence electrons. The number of ether oxygens (including phenoxy) is 4. The van der Waals surface area contributed by atoms with Crippen LogP contribution in [0.3, 0.4) is 0 Å². The molecule has 0 radical (unpaired) electrons. The first-order chi connectivity index (χ1) is 34.0. The number of hydrogen-bond acceptors (Lipinski definition) is 14. The van der Waals surface area contributed by atoms with E-state index in [0.717, 1.165) is 22.3 Å². The molecule has 3 aromatic rings. The molecule has 0 heterocycles. The van der Waals surface area contributed by atoms with Crippen molar-refractivity contribution in [2.75, 3.05) is 26.2 Å². The predicted molar refractivity (Wildman–Crippen MR) is 256 cm³/mol. The van der Waals surface area contributed by atoms with Crippen molar-refractivity contribution < 1.29 is 72.0 Å². The van der Waals surface area contributed by atoms with Gasteiger partial charge in [0.15, 0.2) is 0 Å². The second-order valence-electron chi connectivity index (χ2n) is 18.0. The van der Waals surface area contributed by atoms with E-state index >= 15 is 0 Å². The molecule has 0 saturated heterocycles. The summed E-state index contributed by atoms with van der Waals surface area (Å²) < 4.78 is 21.5. The summed E-state index contributed by atoms with van der Waals surface area (Å²) in [6.07, 6.45) is -5.90. The molecule has 1 aliphatic carbocycles. The Bertz CT molecular complexity index is 2400. The Labute approximate surface area is 415 Å². The molecule has 23 heteroatoms. The van der Waals surface area contributed by atoms with Gasteiger partial charge in [-0.2, -0.15) is 0 Å². The minimum Gasteiger partial charge on any atom is -0.480 e. The second-order valence-corrected chi connectivity index (χ2v) is 18.0. The van der Waals surface area contributed by atoms with E-state index in [1.807, 2.05) is 48.5 Å². The molecule has 10 N–H and O–H groups in total. The van der Waals surface area contributed by atoms with Crippen LogP contribution in [0.25, 0.3) is 11.1 Å². The third-order valence-corrected chi connectivity index (χ3v) is 10.6. The van der Waals surface area contributed by atoms with Crippen LogP contribution in [0.15, 0.2) is 78.9 Å². The number of alkyl carbamates (subject to hydrolysis) is 3. The first-order valence-corrected chi connectivity index (χ1v) is 22.9. The van der Waals surface area contributed by atoms with Crippen molar-refractivity contribution in [2.24, 2.45) is 11.7 Å². The summed E-state index contributed by atoms with van der Waals surface area (Å²) in [7, 11) is 0. The topological polar surface area (TPSA) is 338 Å². The predicted octanol–water partition coefficient (Wildman–Crippen LogP) is 1.85. The minimum atomic E-state index is -1.87. The lowest BCUT2D eigenvalue weighted by molar-refractivity contribution is -0.155. The molecule has 0 unspecified atom stereocenters. The molecular weight excluding hydrogens is 941 g/mol. The Morgan fingerprint density at radius 1 is 0.639 bits per heavy atom. The van der Waals surface area contributed by atoms with Crippen LogP contribution in [-0.2, 0) is 59.1 Å². The van der Waals surface area contributed by atoms with Crippen LogP contribution in [0.1, 0.15) is 77.0 Å². The van der Waals surface area contributed by atoms with Gasteiger partial charge in [0, 0.05) is 12.5 Å². The number of rotatable bonds is 24. The molecule has 0 fully saturated rings. The third kappa shape index (κ3) is 18.3. The number of fused-ring (bicyclic) bond motifs is 3. The third-order valence-electron chi connectivity index (χ3n) is 10.6. The second kappa shape index (κ2) is 26.7. The summed E-state index contributed by atoms with van der Waals surface area (Å²) in [5, 5.41) is 26.3. The minimum absolute atomic E-state index is 0.0376. The summed E-state index contributed by atoms with van der Waals surface area (Å²) >= 11 is 0. The number of hydrogen-bond donors (Lipinski definition) is 9. The average molecular weight is 1000 g/mol. The maximum atomic E-state index is 14.0. The smallest absolute Gasteiger partial charge is 0.408 e. The number of carboxylic acid groups (broad SMARTS) is 1. The molecule has 0 aliphatic heterocycles. The molecule has 72 heavy (non-hydrogen) atoms. The molecule has 1 aliphatic rings. The largest absolute Gasteiger partial charge is 0.480 e. The first-order valence-electron chi connectivity index (χ1n) is 22.9. The fourth-order valence-corrected chi connectivity index (χ4v) is 7.25. The lowest BCUT2D eigenvalue weighted by atomic mass is 9.98. The van der Waals surface area contributed by atoms with Gasteiger partial charge in [0.25, 0.3) is 0 Å². The number of primary amides is 1. The SMILES string of the molecule is CC(C)C[C@H](NC(=O)[C@H](CNC(=O)[C@@H](NC(=O)OCc1ccccc1)[C@@H](C)OC(=O)C[C@H](NC(=O)OCC1c2ccccc2-c2ccccc21)C(=O)O)NC(=O)OC(C)(C)C)C(=O)NCC(=O)NCC(N)=O. The van der Waals surface area contributed by atoms with E-state index in [2.05, 4.69) is 37.2 Å². The highest BCUT2D eigenvalue weighted by molar-refractivity contribution is 5.94. The van der Waals surface area contributed by atoms with Crippen LogP contribution in [-0.4, -0.2) is 127 Å². The quantitative estimate of drug-likeness (QED) is 0.0457. The fourth-order valence-electron chi connectivity index (χ4n) is 7.25. The maximum Gasteiger partial charge on any atom is 0.408 e. The molecule has 0 saturated carbocycles. The highest BCUT2D eigenvalue weighted by Gasteiger charge is 2.36. The van der Waals surface area contributed by atoms with Gasteiger partial charge in [-0.05, 0) is 67.9 Å². The molecule has 4 rings (SSSR count). The van der Waals surface area contributed by atoms with Crippen molar-refractivity contribution in [2.45, 2.75) is 103 Å². The summed E-state index contributed by atoms with van der Waals surface area (Å²) in [6.45, 7) is 7.17. The lowest BCUT2D eigenvalue weighted by Crippen LogP contribution is -2.60. The van der Waals surface area contributed by atoms with Crippen LogP contribution >= 0.6 is 0 Å². The number of esters is 1. The van der Waals surface area contributed by atoms with Gasteiger partial charge in [-0.3, -0.25) is 28.8 Å². The van der Waals surface area contributed by atoms with E-state index in [1.54, 1.807) is 65.0 Å². The number of nitrogens with two attached hydrogens (primary N) is 1. The molecule has 23 nitrogen and oxygen atoms in total. The van der Waals surface area contributed by atoms with Gasteiger partial charge in [0.05, 0.1) is 19.5 Å². The number of carboxylic acids is 1. The number of aliphatic carboxylic acids is 1. The van der Waals surface area contributed by atoms with E-state index in [9.17, 15) is 53.1 Å². The fraction of sp³-hybridized carbons (Fsp3) is 0.429. The molecule has 0 spiro atoms. The van der Waals surface area contributed by atoms with Crippen LogP contribution < -0.4 is 43.0 Å². The van der Waals surface area contributed by atoms with Crippen molar-refractivity contribution in [1.29, 1.82) is 0 Å². The van der Waals surface area contributed by atoms with Crippen molar-refractivity contribution >= 4 is 59.8 Å². The summed E-state index contributed by atoms with van der Waals surface area (Å²) in [4.78, 5) is 129. The highest BCUT2D eigenvalue weighted by atomic mass is 16.6. The molecular formula is C49H62N8O15. The molecule has 8 amide bonds. The maximum absolute atomic E-state index is 14.0. The van der Waals surface area contributed by atoms with E-state index in [1.165, 1.54) is 6.92 Å². The Hall–Kier alpha value is -8.24. The summed E-state index contributed by atoms with van der Waals surface area (Å²) in [6, 6.07) is 17.0. The van der Waals surface area contributed by atoms with E-state index in [0.29, 0.717) is 5.56 Å². The number of amides is 8. The van der Waals surface area contributed by atoms with Gasteiger partial charge < -0.3 is 67.0 Å². The number of carbonyl (C=O) groups is 10. The van der Waals surface area contributed by atoms with Gasteiger partial charge in [0.1, 0.15) is 49.1 Å². The van der Waals surface area contributed by atoms with Crippen LogP contribution in [0.4, 0.5) is 14.4 Å². The van der Waals surface area contributed by atoms with Crippen molar-refractivity contribution in [1.82, 2.24) is 37.2 Å². The monoisotopic (exact) mass is 1000 g/mol. The molecule has 5 atom stereocenters. The number of benzene rings is 3. The average Bonchev–Trinajstić information content (AvgIpc) is 3.63. The Kier molecular flexibility index (Phi) is 20.9. The van der Waals surface area contributed by atoms with Crippen LogP contribution in [0.2, 0.25) is 0 Å². The normalized spacial score (nSPS) is 13.7. The van der Waals surface area contributed by atoms with Crippen molar-refractivity contribution in [3.8, 4) is 11.1 Å². The zero-order valence-electron chi connectivity index (χ0n) is 40.7. The Balaban J connectivity index is 1.48. The molecule has 0 bridgehead atoms. The zero-order valence-corrected chi connectivity index (χ0v) is 40.7.